The number of ether oxygens (including phenoxy) is 1. The second kappa shape index (κ2) is 6.96. The molecule has 0 saturated heterocycles. The zero-order chi connectivity index (χ0) is 16.3. The molecule has 1 rings (SSSR count). The van der Waals surface area contributed by atoms with Gasteiger partial charge < -0.3 is 10.5 Å². The van der Waals surface area contributed by atoms with E-state index in [9.17, 15) is 8.42 Å². The lowest BCUT2D eigenvalue weighted by Crippen LogP contribution is -2.41. The normalized spacial score (nSPS) is 12.7. The lowest BCUT2D eigenvalue weighted by atomic mass is 9.94. The van der Waals surface area contributed by atoms with E-state index in [0.717, 1.165) is 0 Å². The third-order valence-corrected chi connectivity index (χ3v) is 5.48. The molecule has 0 fully saturated rings. The summed E-state index contributed by atoms with van der Waals surface area (Å²) in [6, 6.07) is 4.46. The molecular weight excluding hydrogens is 312 g/mol. The predicted molar refractivity (Wildman–Crippen MR) is 85.3 cm³/mol. The van der Waals surface area contributed by atoms with Crippen molar-refractivity contribution >= 4 is 21.6 Å². The van der Waals surface area contributed by atoms with Crippen LogP contribution in [0.15, 0.2) is 23.1 Å². The van der Waals surface area contributed by atoms with E-state index in [0.29, 0.717) is 25.4 Å². The minimum atomic E-state index is -3.60. The van der Waals surface area contributed by atoms with Crippen LogP contribution >= 0.6 is 11.6 Å². The SMILES string of the molecule is CCN(CC(C)(C)CN)S(=O)(=O)c1ccc(OC)c(Cl)c1. The summed E-state index contributed by atoms with van der Waals surface area (Å²) >= 11 is 6.02. The fourth-order valence-corrected chi connectivity index (χ4v) is 3.85. The van der Waals surface area contributed by atoms with Gasteiger partial charge in [0.25, 0.3) is 0 Å². The van der Waals surface area contributed by atoms with Crippen LogP contribution < -0.4 is 10.5 Å². The Labute approximate surface area is 132 Å². The number of nitrogens with two attached hydrogens (primary N) is 1. The van der Waals surface area contributed by atoms with Gasteiger partial charge in [0.2, 0.25) is 10.0 Å². The Balaban J connectivity index is 3.16. The number of rotatable bonds is 7. The van der Waals surface area contributed by atoms with Crippen molar-refractivity contribution in [2.24, 2.45) is 11.1 Å². The molecule has 7 heteroatoms. The van der Waals surface area contributed by atoms with Crippen LogP contribution in [0.2, 0.25) is 5.02 Å². The Morgan fingerprint density at radius 2 is 2.00 bits per heavy atom. The molecule has 0 aliphatic rings. The van der Waals surface area contributed by atoms with E-state index in [1.54, 1.807) is 13.0 Å². The molecule has 0 radical (unpaired) electrons. The van der Waals surface area contributed by atoms with Crippen molar-refractivity contribution in [1.82, 2.24) is 4.31 Å². The largest absolute Gasteiger partial charge is 0.495 e. The maximum atomic E-state index is 12.7. The summed E-state index contributed by atoms with van der Waals surface area (Å²) in [4.78, 5) is 0.156. The first-order valence-electron chi connectivity index (χ1n) is 6.71. The highest BCUT2D eigenvalue weighted by atomic mass is 35.5. The van der Waals surface area contributed by atoms with Crippen LogP contribution in [-0.4, -0.2) is 39.5 Å². The Morgan fingerprint density at radius 1 is 1.38 bits per heavy atom. The number of benzene rings is 1. The first kappa shape index (κ1) is 18.2. The molecule has 120 valence electrons. The maximum absolute atomic E-state index is 12.7. The van der Waals surface area contributed by atoms with E-state index in [1.807, 2.05) is 13.8 Å². The fourth-order valence-electron chi connectivity index (χ4n) is 1.87. The smallest absolute Gasteiger partial charge is 0.243 e. The number of sulfonamides is 1. The number of halogens is 1. The van der Waals surface area contributed by atoms with Gasteiger partial charge in [0.05, 0.1) is 17.0 Å². The molecule has 0 saturated carbocycles. The zero-order valence-corrected chi connectivity index (χ0v) is 14.5. The monoisotopic (exact) mass is 334 g/mol. The number of methoxy groups -OCH3 is 1. The summed E-state index contributed by atoms with van der Waals surface area (Å²) in [5.74, 6) is 0.445. The number of hydrogen-bond donors (Lipinski definition) is 1. The molecule has 0 amide bonds. The fraction of sp³-hybridized carbons (Fsp3) is 0.571. The lowest BCUT2D eigenvalue weighted by Gasteiger charge is -2.30. The van der Waals surface area contributed by atoms with Crippen molar-refractivity contribution in [2.75, 3.05) is 26.7 Å². The van der Waals surface area contributed by atoms with Crippen LogP contribution in [0.3, 0.4) is 0 Å². The molecule has 0 atom stereocenters. The molecule has 0 unspecified atom stereocenters. The second-order valence-corrected chi connectivity index (χ2v) is 7.94. The first-order chi connectivity index (χ1) is 9.67. The molecule has 5 nitrogen and oxygen atoms in total. The molecule has 21 heavy (non-hydrogen) atoms. The van der Waals surface area contributed by atoms with Crippen LogP contribution in [-0.2, 0) is 10.0 Å². The van der Waals surface area contributed by atoms with E-state index in [2.05, 4.69) is 0 Å². The van der Waals surface area contributed by atoms with Gasteiger partial charge in [-0.2, -0.15) is 4.31 Å². The Hall–Kier alpha value is -0.820. The van der Waals surface area contributed by atoms with Gasteiger partial charge in [-0.3, -0.25) is 0 Å². The van der Waals surface area contributed by atoms with Crippen molar-refractivity contribution in [3.63, 3.8) is 0 Å². The average molecular weight is 335 g/mol. The summed E-state index contributed by atoms with van der Waals surface area (Å²) in [5, 5.41) is 0.271. The zero-order valence-electron chi connectivity index (χ0n) is 12.9. The molecule has 1 aromatic rings. The molecule has 0 spiro atoms. The van der Waals surface area contributed by atoms with Crippen LogP contribution in [0.1, 0.15) is 20.8 Å². The highest BCUT2D eigenvalue weighted by Crippen LogP contribution is 2.29. The molecule has 1 aromatic carbocycles. The van der Waals surface area contributed by atoms with Gasteiger partial charge in [0.15, 0.2) is 0 Å². The maximum Gasteiger partial charge on any atom is 0.243 e. The molecular formula is C14H23ClN2O3S. The van der Waals surface area contributed by atoms with Gasteiger partial charge in [0, 0.05) is 13.1 Å². The summed E-state index contributed by atoms with van der Waals surface area (Å²) in [7, 11) is -2.12. The van der Waals surface area contributed by atoms with Crippen molar-refractivity contribution in [1.29, 1.82) is 0 Å². The molecule has 0 heterocycles. The Kier molecular flexibility index (Phi) is 6.04. The van der Waals surface area contributed by atoms with Gasteiger partial charge in [-0.25, -0.2) is 8.42 Å². The molecule has 0 aromatic heterocycles. The van der Waals surface area contributed by atoms with Gasteiger partial charge in [-0.05, 0) is 30.2 Å². The quantitative estimate of drug-likeness (QED) is 0.830. The molecule has 0 aliphatic carbocycles. The first-order valence-corrected chi connectivity index (χ1v) is 8.53. The number of nitrogens with zero attached hydrogens (tertiary/aromatic N) is 1. The van der Waals surface area contributed by atoms with Crippen LogP contribution in [0.5, 0.6) is 5.75 Å². The molecule has 0 bridgehead atoms. The molecule has 0 aliphatic heterocycles. The summed E-state index contributed by atoms with van der Waals surface area (Å²) in [6.07, 6.45) is 0. The summed E-state index contributed by atoms with van der Waals surface area (Å²) < 4.78 is 31.8. The Morgan fingerprint density at radius 3 is 2.43 bits per heavy atom. The minimum Gasteiger partial charge on any atom is -0.495 e. The van der Waals surface area contributed by atoms with E-state index < -0.39 is 10.0 Å². The molecule has 2 N–H and O–H groups in total. The van der Waals surface area contributed by atoms with E-state index in [1.165, 1.54) is 23.5 Å². The average Bonchev–Trinajstić information content (AvgIpc) is 2.44. The van der Waals surface area contributed by atoms with Gasteiger partial charge >= 0.3 is 0 Å². The lowest BCUT2D eigenvalue weighted by molar-refractivity contribution is 0.273. The highest BCUT2D eigenvalue weighted by molar-refractivity contribution is 7.89. The second-order valence-electron chi connectivity index (χ2n) is 5.60. The van der Waals surface area contributed by atoms with E-state index in [-0.39, 0.29) is 15.3 Å². The van der Waals surface area contributed by atoms with E-state index in [4.69, 9.17) is 22.1 Å². The van der Waals surface area contributed by atoms with Crippen LogP contribution in [0.4, 0.5) is 0 Å². The third kappa shape index (κ3) is 4.32. The van der Waals surface area contributed by atoms with Crippen molar-refractivity contribution in [3.05, 3.63) is 23.2 Å². The number of hydrogen-bond acceptors (Lipinski definition) is 4. The topological polar surface area (TPSA) is 72.6 Å². The van der Waals surface area contributed by atoms with Gasteiger partial charge in [0.1, 0.15) is 5.75 Å². The standard InChI is InChI=1S/C14H23ClN2O3S/c1-5-17(10-14(2,3)9-16)21(18,19)11-6-7-13(20-4)12(15)8-11/h6-8H,5,9-10,16H2,1-4H3. The predicted octanol–water partition coefficient (Wildman–Crippen LogP) is 2.34. The Bertz CT molecular complexity index is 588. The van der Waals surface area contributed by atoms with Gasteiger partial charge in [-0.1, -0.05) is 32.4 Å². The van der Waals surface area contributed by atoms with Gasteiger partial charge in [-0.15, -0.1) is 0 Å². The minimum absolute atomic E-state index is 0.156. The van der Waals surface area contributed by atoms with Crippen molar-refractivity contribution in [2.45, 2.75) is 25.7 Å². The van der Waals surface area contributed by atoms with Crippen LogP contribution in [0, 0.1) is 5.41 Å². The van der Waals surface area contributed by atoms with Crippen molar-refractivity contribution < 1.29 is 13.2 Å². The summed E-state index contributed by atoms with van der Waals surface area (Å²) in [6.45, 7) is 6.80. The highest BCUT2D eigenvalue weighted by Gasteiger charge is 2.29. The van der Waals surface area contributed by atoms with Crippen molar-refractivity contribution in [3.8, 4) is 5.75 Å². The third-order valence-electron chi connectivity index (χ3n) is 3.27. The van der Waals surface area contributed by atoms with Crippen LogP contribution in [0.25, 0.3) is 0 Å². The summed E-state index contributed by atoms with van der Waals surface area (Å²) in [5.41, 5.74) is 5.40. The van der Waals surface area contributed by atoms with E-state index >= 15 is 0 Å².